The smallest absolute Gasteiger partial charge is 0.255 e. The first-order valence-corrected chi connectivity index (χ1v) is 13.3. The zero-order chi connectivity index (χ0) is 27.2. The summed E-state index contributed by atoms with van der Waals surface area (Å²) in [6.07, 6.45) is 0.755. The number of hydrogen-bond donors (Lipinski definition) is 2. The molecular weight excluding hydrogens is 497 g/mol. The van der Waals surface area contributed by atoms with Crippen molar-refractivity contribution in [1.82, 2.24) is 15.1 Å². The molecule has 202 valence electrons. The van der Waals surface area contributed by atoms with E-state index in [9.17, 15) is 18.8 Å². The average molecular weight is 530 g/mol. The molecule has 9 heteroatoms. The quantitative estimate of drug-likeness (QED) is 0.529. The van der Waals surface area contributed by atoms with Gasteiger partial charge in [-0.1, -0.05) is 18.2 Å². The number of carbonyl (C=O) groups excluding carboxylic acids is 3. The molecule has 0 unspecified atom stereocenters. The van der Waals surface area contributed by atoms with Crippen LogP contribution in [0.4, 0.5) is 15.8 Å². The van der Waals surface area contributed by atoms with Crippen molar-refractivity contribution in [3.05, 3.63) is 95.3 Å². The van der Waals surface area contributed by atoms with Gasteiger partial charge < -0.3 is 25.3 Å². The Morgan fingerprint density at radius 1 is 0.692 bits per heavy atom. The lowest BCUT2D eigenvalue weighted by Gasteiger charge is -2.29. The summed E-state index contributed by atoms with van der Waals surface area (Å²) in [5.41, 5.74) is 2.75. The van der Waals surface area contributed by atoms with Crippen LogP contribution in [0.2, 0.25) is 0 Å². The van der Waals surface area contributed by atoms with Gasteiger partial charge in [0.25, 0.3) is 17.7 Å². The van der Waals surface area contributed by atoms with E-state index in [1.807, 2.05) is 41.3 Å². The maximum Gasteiger partial charge on any atom is 0.255 e. The van der Waals surface area contributed by atoms with Gasteiger partial charge in [-0.25, -0.2) is 4.39 Å². The van der Waals surface area contributed by atoms with Crippen LogP contribution in [0.15, 0.2) is 72.8 Å². The summed E-state index contributed by atoms with van der Waals surface area (Å²) >= 11 is 0. The molecule has 0 atom stereocenters. The molecule has 3 amide bonds. The summed E-state index contributed by atoms with van der Waals surface area (Å²) in [6, 6.07) is 20.0. The molecular formula is C30H32FN5O3. The molecule has 2 saturated heterocycles. The van der Waals surface area contributed by atoms with Crippen LogP contribution in [0.5, 0.6) is 0 Å². The number of nitrogens with one attached hydrogen (secondary N) is 2. The third-order valence-electron chi connectivity index (χ3n) is 7.15. The first-order chi connectivity index (χ1) is 19.0. The molecule has 0 aromatic heterocycles. The van der Waals surface area contributed by atoms with Crippen molar-refractivity contribution >= 4 is 29.1 Å². The van der Waals surface area contributed by atoms with Gasteiger partial charge in [0, 0.05) is 69.0 Å². The van der Waals surface area contributed by atoms with Crippen molar-refractivity contribution in [2.75, 3.05) is 62.6 Å². The average Bonchev–Trinajstić information content (AvgIpc) is 3.24. The van der Waals surface area contributed by atoms with E-state index < -0.39 is 11.7 Å². The van der Waals surface area contributed by atoms with Gasteiger partial charge >= 0.3 is 0 Å². The van der Waals surface area contributed by atoms with Gasteiger partial charge in [-0.15, -0.1) is 0 Å². The van der Waals surface area contributed by atoms with E-state index in [2.05, 4.69) is 15.5 Å². The maximum atomic E-state index is 13.4. The number of amides is 3. The standard InChI is InChI=1S/C30H32FN5O3/c31-25-10-7-22(8-11-25)28(37)33-26-21-24(30(39)36-17-13-32-14-18-36)9-12-27(26)34-15-4-16-35(20-19-34)29(38)23-5-2-1-3-6-23/h1-3,5-12,21,32H,4,13-20H2,(H,33,37). The van der Waals surface area contributed by atoms with E-state index in [0.29, 0.717) is 61.6 Å². The molecule has 2 N–H and O–H groups in total. The number of nitrogens with zero attached hydrogens (tertiary/aromatic N) is 3. The highest BCUT2D eigenvalue weighted by Gasteiger charge is 2.24. The second-order valence-corrected chi connectivity index (χ2v) is 9.73. The van der Waals surface area contributed by atoms with Crippen LogP contribution in [0.1, 0.15) is 37.5 Å². The van der Waals surface area contributed by atoms with E-state index in [1.54, 1.807) is 17.0 Å². The fourth-order valence-electron chi connectivity index (χ4n) is 5.02. The zero-order valence-corrected chi connectivity index (χ0v) is 21.7. The summed E-state index contributed by atoms with van der Waals surface area (Å²) in [5.74, 6) is -0.899. The molecule has 39 heavy (non-hydrogen) atoms. The van der Waals surface area contributed by atoms with Gasteiger partial charge in [-0.2, -0.15) is 0 Å². The molecule has 0 spiro atoms. The summed E-state index contributed by atoms with van der Waals surface area (Å²) < 4.78 is 13.4. The number of carbonyl (C=O) groups is 3. The number of halogens is 1. The molecule has 2 aliphatic rings. The maximum absolute atomic E-state index is 13.4. The van der Waals surface area contributed by atoms with E-state index in [4.69, 9.17) is 0 Å². The van der Waals surface area contributed by atoms with Gasteiger partial charge in [0.15, 0.2) is 0 Å². The van der Waals surface area contributed by atoms with Crippen molar-refractivity contribution in [2.24, 2.45) is 0 Å². The number of rotatable bonds is 5. The Morgan fingerprint density at radius 2 is 1.36 bits per heavy atom. The van der Waals surface area contributed by atoms with Crippen LogP contribution >= 0.6 is 0 Å². The molecule has 3 aromatic rings. The molecule has 2 heterocycles. The summed E-state index contributed by atoms with van der Waals surface area (Å²) in [6.45, 7) is 5.13. The number of hydrogen-bond acceptors (Lipinski definition) is 5. The number of benzene rings is 3. The Labute approximate surface area is 227 Å². The molecule has 8 nitrogen and oxygen atoms in total. The monoisotopic (exact) mass is 529 g/mol. The first kappa shape index (κ1) is 26.4. The predicted molar refractivity (Wildman–Crippen MR) is 149 cm³/mol. The number of anilines is 2. The lowest BCUT2D eigenvalue weighted by atomic mass is 10.1. The molecule has 0 aliphatic carbocycles. The Balaban J connectivity index is 1.39. The SMILES string of the molecule is O=C(Nc1cc(C(=O)N2CCNCC2)ccc1N1CCCN(C(=O)c2ccccc2)CC1)c1ccc(F)cc1. The fourth-order valence-corrected chi connectivity index (χ4v) is 5.02. The van der Waals surface area contributed by atoms with Crippen molar-refractivity contribution < 1.29 is 18.8 Å². The van der Waals surface area contributed by atoms with Crippen LogP contribution in [0.25, 0.3) is 0 Å². The Kier molecular flexibility index (Phi) is 8.17. The molecule has 0 radical (unpaired) electrons. The van der Waals surface area contributed by atoms with Gasteiger partial charge in [-0.3, -0.25) is 14.4 Å². The van der Waals surface area contributed by atoms with Crippen LogP contribution in [-0.4, -0.2) is 79.9 Å². The molecule has 5 rings (SSSR count). The first-order valence-electron chi connectivity index (χ1n) is 13.3. The normalized spacial score (nSPS) is 16.0. The van der Waals surface area contributed by atoms with E-state index in [-0.39, 0.29) is 11.8 Å². The van der Waals surface area contributed by atoms with Gasteiger partial charge in [-0.05, 0) is 61.0 Å². The van der Waals surface area contributed by atoms with Crippen molar-refractivity contribution in [1.29, 1.82) is 0 Å². The van der Waals surface area contributed by atoms with Crippen molar-refractivity contribution in [3.63, 3.8) is 0 Å². The van der Waals surface area contributed by atoms with E-state index in [0.717, 1.165) is 25.2 Å². The van der Waals surface area contributed by atoms with Crippen LogP contribution in [0.3, 0.4) is 0 Å². The Hall–Kier alpha value is -4.24. The summed E-state index contributed by atoms with van der Waals surface area (Å²) in [7, 11) is 0. The minimum atomic E-state index is -0.421. The molecule has 2 fully saturated rings. The Morgan fingerprint density at radius 3 is 2.10 bits per heavy atom. The van der Waals surface area contributed by atoms with E-state index in [1.165, 1.54) is 24.3 Å². The lowest BCUT2D eigenvalue weighted by molar-refractivity contribution is 0.0734. The third kappa shape index (κ3) is 6.26. The molecule has 2 aliphatic heterocycles. The highest BCUT2D eigenvalue weighted by molar-refractivity contribution is 6.07. The second-order valence-electron chi connectivity index (χ2n) is 9.73. The highest BCUT2D eigenvalue weighted by atomic mass is 19.1. The third-order valence-corrected chi connectivity index (χ3v) is 7.15. The van der Waals surface area contributed by atoms with Crippen molar-refractivity contribution in [3.8, 4) is 0 Å². The van der Waals surface area contributed by atoms with Crippen molar-refractivity contribution in [2.45, 2.75) is 6.42 Å². The van der Waals surface area contributed by atoms with Gasteiger partial charge in [0.1, 0.15) is 5.82 Å². The molecule has 0 saturated carbocycles. The summed E-state index contributed by atoms with van der Waals surface area (Å²) in [4.78, 5) is 45.2. The lowest BCUT2D eigenvalue weighted by Crippen LogP contribution is -2.46. The molecule has 0 bridgehead atoms. The zero-order valence-electron chi connectivity index (χ0n) is 21.7. The summed E-state index contributed by atoms with van der Waals surface area (Å²) in [5, 5.41) is 6.20. The largest absolute Gasteiger partial charge is 0.368 e. The second kappa shape index (κ2) is 12.1. The van der Waals surface area contributed by atoms with Gasteiger partial charge in [0.2, 0.25) is 0 Å². The fraction of sp³-hybridized carbons (Fsp3) is 0.300. The van der Waals surface area contributed by atoms with Crippen LogP contribution < -0.4 is 15.5 Å². The Bertz CT molecular complexity index is 1330. The minimum absolute atomic E-state index is 0.000693. The van der Waals surface area contributed by atoms with Crippen LogP contribution in [-0.2, 0) is 0 Å². The van der Waals surface area contributed by atoms with Gasteiger partial charge in [0.05, 0.1) is 11.4 Å². The van der Waals surface area contributed by atoms with Crippen LogP contribution in [0, 0.1) is 5.82 Å². The minimum Gasteiger partial charge on any atom is -0.368 e. The highest BCUT2D eigenvalue weighted by Crippen LogP contribution is 2.30. The topological polar surface area (TPSA) is 85.0 Å². The van der Waals surface area contributed by atoms with E-state index >= 15 is 0 Å². The number of piperazine rings is 1. The predicted octanol–water partition coefficient (Wildman–Crippen LogP) is 3.48. The molecule has 3 aromatic carbocycles.